The maximum absolute atomic E-state index is 12.0. The topological polar surface area (TPSA) is 49.8 Å². The van der Waals surface area contributed by atoms with E-state index in [-0.39, 0.29) is 31.6 Å². The summed E-state index contributed by atoms with van der Waals surface area (Å²) in [5, 5.41) is 10.1. The van der Waals surface area contributed by atoms with Crippen LogP contribution in [-0.4, -0.2) is 41.7 Å². The summed E-state index contributed by atoms with van der Waals surface area (Å²) in [6.07, 6.45) is 2.11. The average Bonchev–Trinajstić information content (AvgIpc) is 2.91. The molecule has 20 heavy (non-hydrogen) atoms. The molecule has 1 aromatic rings. The van der Waals surface area contributed by atoms with Crippen molar-refractivity contribution in [2.45, 2.75) is 25.3 Å². The van der Waals surface area contributed by atoms with Crippen LogP contribution in [0, 0.1) is 0 Å². The molecule has 2 rings (SSSR count). The van der Waals surface area contributed by atoms with Gasteiger partial charge >= 0.3 is 0 Å². The van der Waals surface area contributed by atoms with Gasteiger partial charge in [-0.15, -0.1) is 0 Å². The van der Waals surface area contributed by atoms with Gasteiger partial charge < -0.3 is 14.7 Å². The summed E-state index contributed by atoms with van der Waals surface area (Å²) in [5.41, 5.74) is 0. The molecule has 0 spiro atoms. The first-order valence-corrected chi connectivity index (χ1v) is 7.35. The highest BCUT2D eigenvalue weighted by Gasteiger charge is 2.27. The third kappa shape index (κ3) is 3.78. The zero-order chi connectivity index (χ0) is 14.5. The van der Waals surface area contributed by atoms with Gasteiger partial charge in [-0.05, 0) is 25.0 Å². The van der Waals surface area contributed by atoms with Gasteiger partial charge in [-0.2, -0.15) is 0 Å². The molecule has 0 bridgehead atoms. The highest BCUT2D eigenvalue weighted by molar-refractivity contribution is 6.42. The Morgan fingerprint density at radius 3 is 2.90 bits per heavy atom. The number of ether oxygens (including phenoxy) is 1. The van der Waals surface area contributed by atoms with Crippen LogP contribution < -0.4 is 4.74 Å². The summed E-state index contributed by atoms with van der Waals surface area (Å²) in [5.74, 6) is 0.606. The molecule has 1 saturated heterocycles. The zero-order valence-corrected chi connectivity index (χ0v) is 12.5. The minimum atomic E-state index is -0.0347. The molecule has 0 aromatic heterocycles. The van der Waals surface area contributed by atoms with Gasteiger partial charge in [0.25, 0.3) is 0 Å². The van der Waals surface area contributed by atoms with Gasteiger partial charge in [0.2, 0.25) is 5.91 Å². The highest BCUT2D eigenvalue weighted by atomic mass is 35.5. The van der Waals surface area contributed by atoms with E-state index in [9.17, 15) is 9.90 Å². The average molecular weight is 318 g/mol. The van der Waals surface area contributed by atoms with Crippen molar-refractivity contribution in [3.8, 4) is 5.75 Å². The number of likely N-dealkylation sites (tertiary alicyclic amines) is 1. The number of hydrogen-bond acceptors (Lipinski definition) is 3. The normalized spacial score (nSPS) is 18.4. The lowest BCUT2D eigenvalue weighted by molar-refractivity contribution is -0.133. The molecule has 1 aliphatic rings. The summed E-state index contributed by atoms with van der Waals surface area (Å²) in [6.45, 7) is 1.03. The third-order valence-corrected chi connectivity index (χ3v) is 4.12. The predicted molar refractivity (Wildman–Crippen MR) is 78.4 cm³/mol. The van der Waals surface area contributed by atoms with Crippen LogP contribution in [0.5, 0.6) is 5.75 Å². The van der Waals surface area contributed by atoms with E-state index < -0.39 is 0 Å². The van der Waals surface area contributed by atoms with Gasteiger partial charge in [0.15, 0.2) is 0 Å². The van der Waals surface area contributed by atoms with E-state index in [2.05, 4.69) is 0 Å². The molecule has 1 aromatic carbocycles. The minimum Gasteiger partial charge on any atom is -0.493 e. The Morgan fingerprint density at radius 1 is 1.40 bits per heavy atom. The molecule has 0 unspecified atom stereocenters. The van der Waals surface area contributed by atoms with E-state index in [1.165, 1.54) is 0 Å². The third-order valence-electron chi connectivity index (χ3n) is 3.38. The Morgan fingerprint density at radius 2 is 2.20 bits per heavy atom. The summed E-state index contributed by atoms with van der Waals surface area (Å²) < 4.78 is 5.49. The van der Waals surface area contributed by atoms with E-state index in [0.29, 0.717) is 15.8 Å². The predicted octanol–water partition coefficient (Wildman–Crippen LogP) is 2.75. The van der Waals surface area contributed by atoms with Crippen LogP contribution in [-0.2, 0) is 4.79 Å². The summed E-state index contributed by atoms with van der Waals surface area (Å²) in [4.78, 5) is 13.7. The molecular weight excluding hydrogens is 301 g/mol. The maximum Gasteiger partial charge on any atom is 0.226 e. The molecular formula is C14H17Cl2NO3. The number of halogens is 2. The second kappa shape index (κ2) is 7.16. The lowest BCUT2D eigenvalue weighted by Gasteiger charge is -2.23. The van der Waals surface area contributed by atoms with Crippen molar-refractivity contribution in [3.63, 3.8) is 0 Å². The van der Waals surface area contributed by atoms with Crippen LogP contribution >= 0.6 is 23.2 Å². The summed E-state index contributed by atoms with van der Waals surface area (Å²) >= 11 is 11.7. The molecule has 1 atom stereocenters. The lowest BCUT2D eigenvalue weighted by Crippen LogP contribution is -2.38. The van der Waals surface area contributed by atoms with Gasteiger partial charge in [-0.25, -0.2) is 0 Å². The van der Waals surface area contributed by atoms with E-state index in [0.717, 1.165) is 19.4 Å². The SMILES string of the molecule is O=C(CCOc1ccc(Cl)c(Cl)c1)N1CCC[C@H]1CO. The largest absolute Gasteiger partial charge is 0.493 e. The van der Waals surface area contributed by atoms with Gasteiger partial charge in [0.1, 0.15) is 5.75 Å². The van der Waals surface area contributed by atoms with Crippen molar-refractivity contribution in [1.82, 2.24) is 4.90 Å². The van der Waals surface area contributed by atoms with Crippen LogP contribution in [0.4, 0.5) is 0 Å². The molecule has 110 valence electrons. The molecule has 1 amide bonds. The second-order valence-electron chi connectivity index (χ2n) is 4.74. The van der Waals surface area contributed by atoms with Gasteiger partial charge in [0.05, 0.1) is 35.7 Å². The van der Waals surface area contributed by atoms with Gasteiger partial charge in [-0.3, -0.25) is 4.79 Å². The van der Waals surface area contributed by atoms with E-state index >= 15 is 0 Å². The smallest absolute Gasteiger partial charge is 0.226 e. The van der Waals surface area contributed by atoms with E-state index in [1.54, 1.807) is 23.1 Å². The van der Waals surface area contributed by atoms with Crippen LogP contribution in [0.3, 0.4) is 0 Å². The number of hydrogen-bond donors (Lipinski definition) is 1. The van der Waals surface area contributed by atoms with Gasteiger partial charge in [0, 0.05) is 12.6 Å². The summed E-state index contributed by atoms with van der Waals surface area (Å²) in [7, 11) is 0. The van der Waals surface area contributed by atoms with Crippen molar-refractivity contribution in [3.05, 3.63) is 28.2 Å². The van der Waals surface area contributed by atoms with Crippen LogP contribution in [0.1, 0.15) is 19.3 Å². The molecule has 0 saturated carbocycles. The molecule has 1 N–H and O–H groups in total. The fraction of sp³-hybridized carbons (Fsp3) is 0.500. The van der Waals surface area contributed by atoms with Gasteiger partial charge in [-0.1, -0.05) is 23.2 Å². The van der Waals surface area contributed by atoms with Crippen molar-refractivity contribution in [1.29, 1.82) is 0 Å². The number of amides is 1. The molecule has 0 radical (unpaired) electrons. The van der Waals surface area contributed by atoms with E-state index in [1.807, 2.05) is 0 Å². The first kappa shape index (κ1) is 15.4. The number of aliphatic hydroxyl groups excluding tert-OH is 1. The number of carbonyl (C=O) groups excluding carboxylic acids is 1. The van der Waals surface area contributed by atoms with Crippen LogP contribution in [0.2, 0.25) is 10.0 Å². The zero-order valence-electron chi connectivity index (χ0n) is 11.0. The fourth-order valence-corrected chi connectivity index (χ4v) is 2.61. The Hall–Kier alpha value is -0.970. The molecule has 4 nitrogen and oxygen atoms in total. The fourth-order valence-electron chi connectivity index (χ4n) is 2.32. The molecule has 1 fully saturated rings. The monoisotopic (exact) mass is 317 g/mol. The Kier molecular flexibility index (Phi) is 5.52. The molecule has 1 aliphatic heterocycles. The quantitative estimate of drug-likeness (QED) is 0.908. The number of carbonyl (C=O) groups is 1. The van der Waals surface area contributed by atoms with Crippen molar-refractivity contribution >= 4 is 29.1 Å². The van der Waals surface area contributed by atoms with Crippen molar-refractivity contribution in [2.24, 2.45) is 0 Å². The van der Waals surface area contributed by atoms with E-state index in [4.69, 9.17) is 27.9 Å². The van der Waals surface area contributed by atoms with Crippen molar-refractivity contribution in [2.75, 3.05) is 19.8 Å². The number of benzene rings is 1. The van der Waals surface area contributed by atoms with Crippen LogP contribution in [0.15, 0.2) is 18.2 Å². The second-order valence-corrected chi connectivity index (χ2v) is 5.55. The lowest BCUT2D eigenvalue weighted by atomic mass is 10.2. The summed E-state index contributed by atoms with van der Waals surface area (Å²) in [6, 6.07) is 4.96. The number of rotatable bonds is 5. The first-order chi connectivity index (χ1) is 9.61. The number of aliphatic hydroxyl groups is 1. The standard InChI is InChI=1S/C14H17Cl2NO3/c15-12-4-3-11(8-13(12)16)20-7-5-14(19)17-6-1-2-10(17)9-18/h3-4,8,10,18H,1-2,5-7,9H2/t10-/m0/s1. The molecule has 1 heterocycles. The molecule has 6 heteroatoms. The Bertz CT molecular complexity index is 481. The number of nitrogens with zero attached hydrogens (tertiary/aromatic N) is 1. The minimum absolute atomic E-state index is 0.0154. The molecule has 0 aliphatic carbocycles. The first-order valence-electron chi connectivity index (χ1n) is 6.60. The van der Waals surface area contributed by atoms with Crippen molar-refractivity contribution < 1.29 is 14.6 Å². The van der Waals surface area contributed by atoms with Crippen LogP contribution in [0.25, 0.3) is 0 Å². The maximum atomic E-state index is 12.0. The Labute approximate surface area is 128 Å². The Balaban J connectivity index is 1.80. The highest BCUT2D eigenvalue weighted by Crippen LogP contribution is 2.26.